The summed E-state index contributed by atoms with van der Waals surface area (Å²) in [6.45, 7) is 8.91. The Kier molecular flexibility index (Phi) is 5.21. The standard InChI is InChI=1S/C18H23ClN4O/c1-3-22-8-10-23(11-9-22)18-20-13(2)15(17(24)21-18)12-14-6-4-5-7-16(14)19/h4-7H,3,8-12H2,1-2H3,(H,20,21,24). The van der Waals surface area contributed by atoms with Gasteiger partial charge in [0.05, 0.1) is 5.69 Å². The number of halogens is 1. The molecule has 1 aromatic carbocycles. The molecule has 3 rings (SSSR count). The molecule has 0 spiro atoms. The molecule has 0 bridgehead atoms. The van der Waals surface area contributed by atoms with Crippen LogP contribution < -0.4 is 10.5 Å². The zero-order valence-corrected chi connectivity index (χ0v) is 14.9. The van der Waals surface area contributed by atoms with Crippen molar-refractivity contribution in [2.24, 2.45) is 0 Å². The first kappa shape index (κ1) is 17.0. The van der Waals surface area contributed by atoms with Crippen molar-refractivity contribution < 1.29 is 0 Å². The summed E-state index contributed by atoms with van der Waals surface area (Å²) in [6.07, 6.45) is 0.498. The Morgan fingerprint density at radius 3 is 2.54 bits per heavy atom. The molecule has 0 amide bonds. The van der Waals surface area contributed by atoms with Crippen molar-refractivity contribution in [3.05, 3.63) is 56.5 Å². The molecule has 6 heteroatoms. The van der Waals surface area contributed by atoms with E-state index in [1.165, 1.54) is 0 Å². The molecule has 128 valence electrons. The average Bonchev–Trinajstić information content (AvgIpc) is 2.59. The molecule has 2 aromatic rings. The molecule has 1 N–H and O–H groups in total. The van der Waals surface area contributed by atoms with Gasteiger partial charge in [-0.3, -0.25) is 9.78 Å². The summed E-state index contributed by atoms with van der Waals surface area (Å²) in [7, 11) is 0. The van der Waals surface area contributed by atoms with Crippen LogP contribution in [0.5, 0.6) is 0 Å². The molecule has 0 unspecified atom stereocenters. The molecule has 24 heavy (non-hydrogen) atoms. The van der Waals surface area contributed by atoms with E-state index in [0.717, 1.165) is 44.0 Å². The third kappa shape index (κ3) is 3.62. The number of aromatic nitrogens is 2. The molecule has 1 aliphatic heterocycles. The summed E-state index contributed by atoms with van der Waals surface area (Å²) in [5.74, 6) is 0.677. The van der Waals surface area contributed by atoms with Gasteiger partial charge in [-0.05, 0) is 25.1 Å². The van der Waals surface area contributed by atoms with Crippen LogP contribution in [0.4, 0.5) is 5.95 Å². The lowest BCUT2D eigenvalue weighted by molar-refractivity contribution is 0.269. The predicted octanol–water partition coefficient (Wildman–Crippen LogP) is 2.46. The van der Waals surface area contributed by atoms with Crippen LogP contribution in [0.1, 0.15) is 23.7 Å². The minimum atomic E-state index is -0.0738. The third-order valence-corrected chi connectivity index (χ3v) is 5.02. The Morgan fingerprint density at radius 1 is 1.21 bits per heavy atom. The van der Waals surface area contributed by atoms with Crippen LogP contribution in [0.25, 0.3) is 0 Å². The minimum Gasteiger partial charge on any atom is -0.340 e. The number of piperazine rings is 1. The van der Waals surface area contributed by atoms with Crippen LogP contribution in [-0.2, 0) is 6.42 Å². The number of H-pyrrole nitrogens is 1. The molecular weight excluding hydrogens is 324 g/mol. The number of aromatic amines is 1. The molecule has 1 aromatic heterocycles. The number of nitrogens with one attached hydrogen (secondary N) is 1. The van der Waals surface area contributed by atoms with Crippen molar-refractivity contribution in [1.29, 1.82) is 0 Å². The summed E-state index contributed by atoms with van der Waals surface area (Å²) < 4.78 is 0. The van der Waals surface area contributed by atoms with Crippen molar-refractivity contribution >= 4 is 17.5 Å². The highest BCUT2D eigenvalue weighted by Gasteiger charge is 2.19. The number of hydrogen-bond acceptors (Lipinski definition) is 4. The van der Waals surface area contributed by atoms with E-state index in [-0.39, 0.29) is 5.56 Å². The smallest absolute Gasteiger partial charge is 0.256 e. The number of rotatable bonds is 4. The molecule has 1 fully saturated rings. The first-order chi connectivity index (χ1) is 11.6. The summed E-state index contributed by atoms with van der Waals surface area (Å²) in [6, 6.07) is 7.61. The zero-order chi connectivity index (χ0) is 17.1. The molecular formula is C18H23ClN4O. The number of likely N-dealkylation sites (N-methyl/N-ethyl adjacent to an activating group) is 1. The summed E-state index contributed by atoms with van der Waals surface area (Å²) in [4.78, 5) is 24.7. The Hall–Kier alpha value is -1.85. The van der Waals surface area contributed by atoms with Gasteiger partial charge < -0.3 is 9.80 Å². The number of benzene rings is 1. The van der Waals surface area contributed by atoms with Gasteiger partial charge in [0.25, 0.3) is 5.56 Å². The third-order valence-electron chi connectivity index (χ3n) is 4.65. The van der Waals surface area contributed by atoms with E-state index in [1.54, 1.807) is 0 Å². The van der Waals surface area contributed by atoms with Crippen LogP contribution in [-0.4, -0.2) is 47.6 Å². The van der Waals surface area contributed by atoms with Crippen molar-refractivity contribution in [2.75, 3.05) is 37.6 Å². The Morgan fingerprint density at radius 2 is 1.92 bits per heavy atom. The van der Waals surface area contributed by atoms with Gasteiger partial charge in [-0.2, -0.15) is 0 Å². The van der Waals surface area contributed by atoms with Crippen molar-refractivity contribution in [3.63, 3.8) is 0 Å². The summed E-state index contributed by atoms with van der Waals surface area (Å²) in [5.41, 5.74) is 2.32. The second-order valence-corrected chi connectivity index (χ2v) is 6.55. The lowest BCUT2D eigenvalue weighted by Crippen LogP contribution is -2.47. The minimum absolute atomic E-state index is 0.0738. The van der Waals surface area contributed by atoms with Crippen LogP contribution in [0, 0.1) is 6.92 Å². The van der Waals surface area contributed by atoms with Gasteiger partial charge in [0.1, 0.15) is 0 Å². The molecule has 1 saturated heterocycles. The Bertz CT molecular complexity index is 766. The highest BCUT2D eigenvalue weighted by Crippen LogP contribution is 2.19. The maximum absolute atomic E-state index is 12.6. The molecule has 5 nitrogen and oxygen atoms in total. The van der Waals surface area contributed by atoms with E-state index in [2.05, 4.69) is 26.7 Å². The number of nitrogens with zero attached hydrogens (tertiary/aromatic N) is 3. The average molecular weight is 347 g/mol. The van der Waals surface area contributed by atoms with E-state index in [9.17, 15) is 4.79 Å². The Labute approximate surface area is 147 Å². The SMILES string of the molecule is CCN1CCN(c2nc(C)c(Cc3ccccc3Cl)c(=O)[nH]2)CC1. The predicted molar refractivity (Wildman–Crippen MR) is 98.2 cm³/mol. The van der Waals surface area contributed by atoms with Gasteiger partial charge in [-0.15, -0.1) is 0 Å². The molecule has 1 aliphatic rings. The largest absolute Gasteiger partial charge is 0.340 e. The lowest BCUT2D eigenvalue weighted by atomic mass is 10.1. The number of aryl methyl sites for hydroxylation is 1. The second-order valence-electron chi connectivity index (χ2n) is 6.14. The van der Waals surface area contributed by atoms with E-state index >= 15 is 0 Å². The molecule has 0 atom stereocenters. The van der Waals surface area contributed by atoms with Crippen LogP contribution in [0.15, 0.2) is 29.1 Å². The first-order valence-electron chi connectivity index (χ1n) is 8.39. The first-order valence-corrected chi connectivity index (χ1v) is 8.76. The quantitative estimate of drug-likeness (QED) is 0.924. The number of hydrogen-bond donors (Lipinski definition) is 1. The second kappa shape index (κ2) is 7.36. The maximum atomic E-state index is 12.6. The Balaban J connectivity index is 1.82. The fraction of sp³-hybridized carbons (Fsp3) is 0.444. The topological polar surface area (TPSA) is 52.2 Å². The fourth-order valence-electron chi connectivity index (χ4n) is 3.06. The highest BCUT2D eigenvalue weighted by atomic mass is 35.5. The van der Waals surface area contributed by atoms with Gasteiger partial charge in [0.15, 0.2) is 0 Å². The molecule has 2 heterocycles. The van der Waals surface area contributed by atoms with Crippen molar-refractivity contribution in [2.45, 2.75) is 20.3 Å². The number of anilines is 1. The van der Waals surface area contributed by atoms with Gasteiger partial charge in [-0.25, -0.2) is 4.98 Å². The maximum Gasteiger partial charge on any atom is 0.256 e. The zero-order valence-electron chi connectivity index (χ0n) is 14.2. The van der Waals surface area contributed by atoms with Gasteiger partial charge in [0, 0.05) is 43.2 Å². The summed E-state index contributed by atoms with van der Waals surface area (Å²) in [5, 5.41) is 0.677. The van der Waals surface area contributed by atoms with Crippen LogP contribution >= 0.6 is 11.6 Å². The van der Waals surface area contributed by atoms with Gasteiger partial charge in [-0.1, -0.05) is 36.7 Å². The van der Waals surface area contributed by atoms with Crippen molar-refractivity contribution in [1.82, 2.24) is 14.9 Å². The van der Waals surface area contributed by atoms with Crippen LogP contribution in [0.2, 0.25) is 5.02 Å². The van der Waals surface area contributed by atoms with E-state index in [4.69, 9.17) is 11.6 Å². The molecule has 0 radical (unpaired) electrons. The monoisotopic (exact) mass is 346 g/mol. The highest BCUT2D eigenvalue weighted by molar-refractivity contribution is 6.31. The van der Waals surface area contributed by atoms with E-state index in [1.807, 2.05) is 31.2 Å². The normalized spacial score (nSPS) is 15.7. The van der Waals surface area contributed by atoms with E-state index in [0.29, 0.717) is 23.0 Å². The van der Waals surface area contributed by atoms with Gasteiger partial charge in [0.2, 0.25) is 5.95 Å². The van der Waals surface area contributed by atoms with E-state index < -0.39 is 0 Å². The fourth-order valence-corrected chi connectivity index (χ4v) is 3.26. The molecule has 0 aliphatic carbocycles. The summed E-state index contributed by atoms with van der Waals surface area (Å²) >= 11 is 6.21. The van der Waals surface area contributed by atoms with Gasteiger partial charge >= 0.3 is 0 Å². The van der Waals surface area contributed by atoms with Crippen LogP contribution in [0.3, 0.4) is 0 Å². The molecule has 0 saturated carbocycles. The lowest BCUT2D eigenvalue weighted by Gasteiger charge is -2.34. The van der Waals surface area contributed by atoms with Crippen molar-refractivity contribution in [3.8, 4) is 0 Å².